The number of hydrogen-bond donors (Lipinski definition) is 1. The van der Waals surface area contributed by atoms with Gasteiger partial charge in [0, 0.05) is 19.0 Å². The molecule has 4 nitrogen and oxygen atoms in total. The number of ether oxygens (including phenoxy) is 1. The maximum Gasteiger partial charge on any atom is 0.217 e. The number of carbonyl (C=O) groups is 1. The van der Waals surface area contributed by atoms with Gasteiger partial charge < -0.3 is 14.5 Å². The van der Waals surface area contributed by atoms with Gasteiger partial charge in [-0.15, -0.1) is 0 Å². The van der Waals surface area contributed by atoms with Crippen LogP contribution >= 0.6 is 0 Å². The van der Waals surface area contributed by atoms with E-state index in [4.69, 9.17) is 9.15 Å². The van der Waals surface area contributed by atoms with Crippen molar-refractivity contribution < 1.29 is 13.9 Å². The maximum absolute atomic E-state index is 11.0. The Morgan fingerprint density at radius 1 is 1.37 bits per heavy atom. The number of nitrogens with one attached hydrogen (secondary N) is 1. The fourth-order valence-electron chi connectivity index (χ4n) is 1.71. The van der Waals surface area contributed by atoms with Crippen LogP contribution in [0.15, 0.2) is 41.0 Å². The lowest BCUT2D eigenvalue weighted by molar-refractivity contribution is -0.119. The molecular formula is C15H17NO3. The average Bonchev–Trinajstić information content (AvgIpc) is 2.88. The third kappa shape index (κ3) is 3.88. The topological polar surface area (TPSA) is 51.5 Å². The molecule has 0 saturated heterocycles. The molecule has 19 heavy (non-hydrogen) atoms. The molecule has 0 aliphatic heterocycles. The van der Waals surface area contributed by atoms with E-state index in [0.29, 0.717) is 13.2 Å². The monoisotopic (exact) mass is 259 g/mol. The first-order valence-corrected chi connectivity index (χ1v) is 6.14. The Morgan fingerprint density at radius 2 is 2.21 bits per heavy atom. The number of carbonyl (C=O) groups excluding carboxylic acids is 1. The van der Waals surface area contributed by atoms with Crippen LogP contribution in [0, 0.1) is 6.92 Å². The minimum absolute atomic E-state index is 0.0578. The summed E-state index contributed by atoms with van der Waals surface area (Å²) in [5.41, 5.74) is 2.06. The zero-order chi connectivity index (χ0) is 13.7. The van der Waals surface area contributed by atoms with Crippen LogP contribution in [-0.2, 0) is 17.9 Å². The summed E-state index contributed by atoms with van der Waals surface area (Å²) in [5, 5.41) is 2.77. The van der Waals surface area contributed by atoms with E-state index in [1.807, 2.05) is 37.3 Å². The molecule has 0 saturated carbocycles. The van der Waals surface area contributed by atoms with Crippen LogP contribution in [0.1, 0.15) is 23.8 Å². The molecule has 4 heteroatoms. The van der Waals surface area contributed by atoms with E-state index < -0.39 is 0 Å². The SMILES string of the molecule is CC(=O)NCc1ccc(C)cc1OCc1ccco1. The molecule has 0 fully saturated rings. The highest BCUT2D eigenvalue weighted by atomic mass is 16.5. The molecule has 0 radical (unpaired) electrons. The zero-order valence-electron chi connectivity index (χ0n) is 11.1. The van der Waals surface area contributed by atoms with Crippen molar-refractivity contribution in [3.8, 4) is 5.75 Å². The van der Waals surface area contributed by atoms with Gasteiger partial charge in [-0.1, -0.05) is 12.1 Å². The smallest absolute Gasteiger partial charge is 0.217 e. The van der Waals surface area contributed by atoms with E-state index >= 15 is 0 Å². The molecule has 0 aliphatic rings. The quantitative estimate of drug-likeness (QED) is 0.898. The van der Waals surface area contributed by atoms with Gasteiger partial charge in [0.15, 0.2) is 0 Å². The average molecular weight is 259 g/mol. The van der Waals surface area contributed by atoms with Crippen molar-refractivity contribution in [1.29, 1.82) is 0 Å². The van der Waals surface area contributed by atoms with Gasteiger partial charge in [0.25, 0.3) is 0 Å². The third-order valence-corrected chi connectivity index (χ3v) is 2.70. The van der Waals surface area contributed by atoms with Crippen molar-refractivity contribution in [1.82, 2.24) is 5.32 Å². The molecule has 1 aromatic heterocycles. The number of rotatable bonds is 5. The van der Waals surface area contributed by atoms with Crippen molar-refractivity contribution in [3.05, 3.63) is 53.5 Å². The van der Waals surface area contributed by atoms with E-state index in [2.05, 4.69) is 5.32 Å². The van der Waals surface area contributed by atoms with Gasteiger partial charge in [0.05, 0.1) is 6.26 Å². The lowest BCUT2D eigenvalue weighted by Gasteiger charge is -2.12. The molecular weight excluding hydrogens is 242 g/mol. The van der Waals surface area contributed by atoms with Gasteiger partial charge in [0.2, 0.25) is 5.91 Å². The van der Waals surface area contributed by atoms with Gasteiger partial charge >= 0.3 is 0 Å². The summed E-state index contributed by atoms with van der Waals surface area (Å²) >= 11 is 0. The Balaban J connectivity index is 2.08. The van der Waals surface area contributed by atoms with E-state index in [9.17, 15) is 4.79 Å². The Morgan fingerprint density at radius 3 is 2.89 bits per heavy atom. The third-order valence-electron chi connectivity index (χ3n) is 2.70. The molecule has 1 amide bonds. The number of hydrogen-bond acceptors (Lipinski definition) is 3. The maximum atomic E-state index is 11.0. The number of benzene rings is 1. The minimum atomic E-state index is -0.0578. The van der Waals surface area contributed by atoms with Crippen LogP contribution in [-0.4, -0.2) is 5.91 Å². The molecule has 0 aliphatic carbocycles. The lowest BCUT2D eigenvalue weighted by atomic mass is 10.1. The fraction of sp³-hybridized carbons (Fsp3) is 0.267. The second-order valence-corrected chi connectivity index (χ2v) is 4.39. The van der Waals surface area contributed by atoms with Crippen molar-refractivity contribution >= 4 is 5.91 Å². The summed E-state index contributed by atoms with van der Waals surface area (Å²) in [6.07, 6.45) is 1.62. The molecule has 2 rings (SSSR count). The highest BCUT2D eigenvalue weighted by Gasteiger charge is 2.06. The summed E-state index contributed by atoms with van der Waals surface area (Å²) < 4.78 is 11.0. The summed E-state index contributed by atoms with van der Waals surface area (Å²) in [4.78, 5) is 11.0. The molecule has 1 heterocycles. The highest BCUT2D eigenvalue weighted by Crippen LogP contribution is 2.21. The van der Waals surface area contributed by atoms with E-state index in [1.54, 1.807) is 6.26 Å². The van der Waals surface area contributed by atoms with Crippen molar-refractivity contribution in [2.75, 3.05) is 0 Å². The zero-order valence-corrected chi connectivity index (χ0v) is 11.1. The second kappa shape index (κ2) is 6.09. The molecule has 1 aromatic carbocycles. The minimum Gasteiger partial charge on any atom is -0.485 e. The Bertz CT molecular complexity index is 547. The van der Waals surface area contributed by atoms with Crippen molar-refractivity contribution in [3.63, 3.8) is 0 Å². The summed E-state index contributed by atoms with van der Waals surface area (Å²) in [7, 11) is 0. The molecule has 0 bridgehead atoms. The Labute approximate surface area is 112 Å². The van der Waals surface area contributed by atoms with E-state index in [0.717, 1.165) is 22.6 Å². The molecule has 2 aromatic rings. The van der Waals surface area contributed by atoms with Crippen LogP contribution < -0.4 is 10.1 Å². The summed E-state index contributed by atoms with van der Waals surface area (Å²) in [5.74, 6) is 1.48. The first-order valence-electron chi connectivity index (χ1n) is 6.14. The summed E-state index contributed by atoms with van der Waals surface area (Å²) in [6, 6.07) is 9.61. The van der Waals surface area contributed by atoms with Gasteiger partial charge in [-0.05, 0) is 30.7 Å². The van der Waals surface area contributed by atoms with Crippen molar-refractivity contribution in [2.45, 2.75) is 27.0 Å². The molecule has 0 unspecified atom stereocenters. The molecule has 1 N–H and O–H groups in total. The summed E-state index contributed by atoms with van der Waals surface area (Å²) in [6.45, 7) is 4.34. The Kier molecular flexibility index (Phi) is 4.23. The van der Waals surface area contributed by atoms with Crippen LogP contribution in [0.4, 0.5) is 0 Å². The predicted molar refractivity (Wildman–Crippen MR) is 71.7 cm³/mol. The standard InChI is InChI=1S/C15H17NO3/c1-11-5-6-13(9-16-12(2)17)15(8-11)19-10-14-4-3-7-18-14/h3-8H,9-10H2,1-2H3,(H,16,17). The van der Waals surface area contributed by atoms with Crippen LogP contribution in [0.2, 0.25) is 0 Å². The van der Waals surface area contributed by atoms with Gasteiger partial charge in [0.1, 0.15) is 18.1 Å². The first-order chi connectivity index (χ1) is 9.15. The predicted octanol–water partition coefficient (Wildman–Crippen LogP) is 2.80. The second-order valence-electron chi connectivity index (χ2n) is 4.39. The molecule has 0 atom stereocenters. The normalized spacial score (nSPS) is 10.2. The molecule has 100 valence electrons. The van der Waals surface area contributed by atoms with Gasteiger partial charge in [-0.3, -0.25) is 4.79 Å². The first kappa shape index (κ1) is 13.2. The van der Waals surface area contributed by atoms with Gasteiger partial charge in [-0.25, -0.2) is 0 Å². The van der Waals surface area contributed by atoms with Crippen LogP contribution in [0.3, 0.4) is 0 Å². The van der Waals surface area contributed by atoms with E-state index in [-0.39, 0.29) is 5.91 Å². The number of furan rings is 1. The fourth-order valence-corrected chi connectivity index (χ4v) is 1.71. The lowest BCUT2D eigenvalue weighted by Crippen LogP contribution is -2.19. The molecule has 0 spiro atoms. The van der Waals surface area contributed by atoms with Gasteiger partial charge in [-0.2, -0.15) is 0 Å². The largest absolute Gasteiger partial charge is 0.485 e. The highest BCUT2D eigenvalue weighted by molar-refractivity contribution is 5.72. The Hall–Kier alpha value is -2.23. The number of amides is 1. The van der Waals surface area contributed by atoms with E-state index in [1.165, 1.54) is 6.92 Å². The van der Waals surface area contributed by atoms with Crippen molar-refractivity contribution in [2.24, 2.45) is 0 Å². The van der Waals surface area contributed by atoms with Crippen LogP contribution in [0.25, 0.3) is 0 Å². The number of aryl methyl sites for hydroxylation is 1. The van der Waals surface area contributed by atoms with Crippen LogP contribution in [0.5, 0.6) is 5.75 Å².